The minimum absolute atomic E-state index is 0.227. The molecule has 0 saturated carbocycles. The van der Waals surface area contributed by atoms with Crippen molar-refractivity contribution < 1.29 is 4.79 Å². The lowest BCUT2D eigenvalue weighted by molar-refractivity contribution is -0.121. The van der Waals surface area contributed by atoms with Crippen LogP contribution in [0.4, 0.5) is 0 Å². The van der Waals surface area contributed by atoms with Crippen molar-refractivity contribution in [1.29, 1.82) is 0 Å². The fourth-order valence-corrected chi connectivity index (χ4v) is 2.43. The van der Waals surface area contributed by atoms with Gasteiger partial charge < -0.3 is 5.32 Å². The van der Waals surface area contributed by atoms with E-state index in [-0.39, 0.29) is 5.91 Å². The summed E-state index contributed by atoms with van der Waals surface area (Å²) in [5, 5.41) is 3.05. The quantitative estimate of drug-likeness (QED) is 0.712. The lowest BCUT2D eigenvalue weighted by Gasteiger charge is -2.16. The van der Waals surface area contributed by atoms with Crippen LogP contribution in [0.2, 0.25) is 0 Å². The molecule has 2 nitrogen and oxygen atoms in total. The minimum Gasteiger partial charge on any atom is -0.353 e. The largest absolute Gasteiger partial charge is 0.353 e. The lowest BCUT2D eigenvalue weighted by atomic mass is 10.1. The number of amides is 1. The molecular formula is C9H17NOS. The van der Waals surface area contributed by atoms with E-state index in [9.17, 15) is 4.79 Å². The van der Waals surface area contributed by atoms with Gasteiger partial charge in [-0.1, -0.05) is 13.8 Å². The Morgan fingerprint density at radius 1 is 1.67 bits per heavy atom. The fourth-order valence-electron chi connectivity index (χ4n) is 1.43. The molecule has 1 atom stereocenters. The van der Waals surface area contributed by atoms with Crippen LogP contribution in [-0.4, -0.2) is 23.5 Å². The van der Waals surface area contributed by atoms with Crippen LogP contribution in [-0.2, 0) is 4.79 Å². The molecule has 3 heteroatoms. The maximum atomic E-state index is 11.2. The van der Waals surface area contributed by atoms with E-state index in [2.05, 4.69) is 19.2 Å². The number of carbonyl (C=O) groups is 1. The van der Waals surface area contributed by atoms with Crippen molar-refractivity contribution in [1.82, 2.24) is 5.32 Å². The third kappa shape index (κ3) is 3.48. The first kappa shape index (κ1) is 9.90. The third-order valence-electron chi connectivity index (χ3n) is 1.91. The predicted octanol–water partition coefficient (Wildman–Crippen LogP) is 1.65. The van der Waals surface area contributed by atoms with Crippen LogP contribution in [0.25, 0.3) is 0 Å². The number of hydrogen-bond donors (Lipinski definition) is 1. The van der Waals surface area contributed by atoms with E-state index >= 15 is 0 Å². The first-order chi connectivity index (χ1) is 5.68. The summed E-state index contributed by atoms with van der Waals surface area (Å²) >= 11 is 1.89. The van der Waals surface area contributed by atoms with Gasteiger partial charge in [-0.15, -0.1) is 0 Å². The average molecular weight is 187 g/mol. The van der Waals surface area contributed by atoms with E-state index in [0.717, 1.165) is 17.9 Å². The second-order valence-electron chi connectivity index (χ2n) is 3.72. The second-order valence-corrected chi connectivity index (χ2v) is 4.87. The molecule has 0 bridgehead atoms. The van der Waals surface area contributed by atoms with Crippen LogP contribution in [0.3, 0.4) is 0 Å². The minimum atomic E-state index is 0.227. The zero-order chi connectivity index (χ0) is 8.97. The molecule has 1 aliphatic heterocycles. The van der Waals surface area contributed by atoms with E-state index < -0.39 is 0 Å². The maximum absolute atomic E-state index is 11.2. The molecule has 12 heavy (non-hydrogen) atoms. The predicted molar refractivity (Wildman–Crippen MR) is 53.3 cm³/mol. The third-order valence-corrected chi connectivity index (χ3v) is 3.04. The summed E-state index contributed by atoms with van der Waals surface area (Å²) < 4.78 is 0. The van der Waals surface area contributed by atoms with Crippen molar-refractivity contribution in [2.75, 3.05) is 11.5 Å². The maximum Gasteiger partial charge on any atom is 0.221 e. The van der Waals surface area contributed by atoms with Gasteiger partial charge in [-0.2, -0.15) is 11.8 Å². The highest BCUT2D eigenvalue weighted by Gasteiger charge is 2.16. The summed E-state index contributed by atoms with van der Waals surface area (Å²) in [6.07, 6.45) is 1.80. The number of carbonyl (C=O) groups excluding carboxylic acids is 1. The lowest BCUT2D eigenvalue weighted by Crippen LogP contribution is -2.35. The second kappa shape index (κ2) is 4.75. The first-order valence-electron chi connectivity index (χ1n) is 4.55. The molecule has 1 saturated heterocycles. The molecule has 70 valence electrons. The summed E-state index contributed by atoms with van der Waals surface area (Å²) in [4.78, 5) is 11.2. The van der Waals surface area contributed by atoms with Crippen molar-refractivity contribution in [2.45, 2.75) is 32.7 Å². The molecule has 0 aromatic carbocycles. The molecule has 0 spiro atoms. The van der Waals surface area contributed by atoms with Crippen LogP contribution in [0, 0.1) is 5.92 Å². The van der Waals surface area contributed by atoms with Gasteiger partial charge in [0.2, 0.25) is 5.91 Å². The Morgan fingerprint density at radius 2 is 2.42 bits per heavy atom. The highest BCUT2D eigenvalue weighted by Crippen LogP contribution is 2.14. The molecule has 0 aliphatic carbocycles. The topological polar surface area (TPSA) is 29.1 Å². The van der Waals surface area contributed by atoms with Crippen LogP contribution in [0.5, 0.6) is 0 Å². The highest BCUT2D eigenvalue weighted by molar-refractivity contribution is 7.99. The number of nitrogens with one attached hydrogen (secondary N) is 1. The Kier molecular flexibility index (Phi) is 3.92. The van der Waals surface area contributed by atoms with E-state index in [4.69, 9.17) is 0 Å². The molecule has 0 radical (unpaired) electrons. The normalized spacial score (nSPS) is 25.2. The van der Waals surface area contributed by atoms with Gasteiger partial charge in [0.05, 0.1) is 0 Å². The van der Waals surface area contributed by atoms with Crippen LogP contribution >= 0.6 is 11.8 Å². The van der Waals surface area contributed by atoms with Gasteiger partial charge in [0, 0.05) is 24.0 Å². The molecule has 1 aliphatic rings. The smallest absolute Gasteiger partial charge is 0.221 e. The number of hydrogen-bond acceptors (Lipinski definition) is 2. The highest BCUT2D eigenvalue weighted by atomic mass is 32.2. The van der Waals surface area contributed by atoms with Crippen LogP contribution < -0.4 is 5.32 Å². The van der Waals surface area contributed by atoms with E-state index in [1.807, 2.05) is 11.8 Å². The van der Waals surface area contributed by atoms with Crippen LogP contribution in [0.1, 0.15) is 26.7 Å². The first-order valence-corrected chi connectivity index (χ1v) is 5.71. The standard InChI is InChI=1S/C9H17NOS/c1-7(2)5-8-6-12-4-3-9(11)10-8/h7-8H,3-6H2,1-2H3,(H,10,11). The Labute approximate surface area is 78.5 Å². The molecular weight excluding hydrogens is 170 g/mol. The Hall–Kier alpha value is -0.180. The Balaban J connectivity index is 2.36. The zero-order valence-corrected chi connectivity index (χ0v) is 8.62. The van der Waals surface area contributed by atoms with Gasteiger partial charge in [-0.25, -0.2) is 0 Å². The van der Waals surface area contributed by atoms with Crippen molar-refractivity contribution in [3.05, 3.63) is 0 Å². The van der Waals surface area contributed by atoms with E-state index in [0.29, 0.717) is 18.4 Å². The fraction of sp³-hybridized carbons (Fsp3) is 0.889. The molecule has 1 N–H and O–H groups in total. The molecule has 1 rings (SSSR count). The van der Waals surface area contributed by atoms with E-state index in [1.165, 1.54) is 0 Å². The number of rotatable bonds is 2. The van der Waals surface area contributed by atoms with E-state index in [1.54, 1.807) is 0 Å². The van der Waals surface area contributed by atoms with Crippen molar-refractivity contribution >= 4 is 17.7 Å². The van der Waals surface area contributed by atoms with Crippen LogP contribution in [0.15, 0.2) is 0 Å². The summed E-state index contributed by atoms with van der Waals surface area (Å²) in [6, 6.07) is 0.407. The van der Waals surface area contributed by atoms with Gasteiger partial charge in [-0.05, 0) is 12.3 Å². The Bertz CT molecular complexity index is 159. The molecule has 1 unspecified atom stereocenters. The molecule has 1 fully saturated rings. The summed E-state index contributed by atoms with van der Waals surface area (Å²) in [7, 11) is 0. The van der Waals surface area contributed by atoms with Gasteiger partial charge in [0.15, 0.2) is 0 Å². The van der Waals surface area contributed by atoms with Gasteiger partial charge >= 0.3 is 0 Å². The summed E-state index contributed by atoms with van der Waals surface area (Å²) in [5.74, 6) is 2.98. The average Bonchev–Trinajstić information content (AvgIpc) is 2.12. The number of thioether (sulfide) groups is 1. The molecule has 0 aromatic rings. The molecule has 0 aromatic heterocycles. The SMILES string of the molecule is CC(C)CC1CSCCC(=O)N1. The van der Waals surface area contributed by atoms with Gasteiger partial charge in [0.1, 0.15) is 0 Å². The molecule has 1 heterocycles. The van der Waals surface area contributed by atoms with Crippen molar-refractivity contribution in [3.63, 3.8) is 0 Å². The summed E-state index contributed by atoms with van der Waals surface area (Å²) in [6.45, 7) is 4.39. The monoisotopic (exact) mass is 187 g/mol. The summed E-state index contributed by atoms with van der Waals surface area (Å²) in [5.41, 5.74) is 0. The zero-order valence-electron chi connectivity index (χ0n) is 7.80. The molecule has 1 amide bonds. The van der Waals surface area contributed by atoms with Gasteiger partial charge in [0.25, 0.3) is 0 Å². The van der Waals surface area contributed by atoms with Crippen molar-refractivity contribution in [3.8, 4) is 0 Å². The van der Waals surface area contributed by atoms with Crippen molar-refractivity contribution in [2.24, 2.45) is 5.92 Å². The van der Waals surface area contributed by atoms with Gasteiger partial charge in [-0.3, -0.25) is 4.79 Å². The Morgan fingerprint density at radius 3 is 3.08 bits per heavy atom.